The maximum absolute atomic E-state index is 5.97. The van der Waals surface area contributed by atoms with Crippen LogP contribution >= 0.6 is 15.9 Å². The number of hydrogen-bond acceptors (Lipinski definition) is 3. The Balaban J connectivity index is 3.33. The minimum absolute atomic E-state index is 0.0311. The molecule has 0 unspecified atom stereocenters. The van der Waals surface area contributed by atoms with Crippen LogP contribution < -0.4 is 5.73 Å². The van der Waals surface area contributed by atoms with Gasteiger partial charge < -0.3 is 5.73 Å². The summed E-state index contributed by atoms with van der Waals surface area (Å²) in [5.41, 5.74) is 6.93. The average molecular weight is 300 g/mol. The Morgan fingerprint density at radius 3 is 2.12 bits per heavy atom. The highest BCUT2D eigenvalue weighted by Gasteiger charge is 2.24. The standard InChI is InChI=1S/C13H22BrN3/c1-6-8(7-2)12-16-10(13(3,4)5)9(14)11(15)17-12/h8H,6-7H2,1-5H3,(H2,15,16,17). The number of hydrogen-bond donors (Lipinski definition) is 1. The third-order valence-electron chi connectivity index (χ3n) is 2.96. The summed E-state index contributed by atoms with van der Waals surface area (Å²) < 4.78 is 0.833. The first-order chi connectivity index (χ1) is 7.81. The topological polar surface area (TPSA) is 51.8 Å². The van der Waals surface area contributed by atoms with Crippen molar-refractivity contribution in [3.63, 3.8) is 0 Å². The van der Waals surface area contributed by atoms with Crippen LogP contribution in [0.4, 0.5) is 5.82 Å². The lowest BCUT2D eigenvalue weighted by Gasteiger charge is -2.22. The van der Waals surface area contributed by atoms with E-state index in [1.54, 1.807) is 0 Å². The molecule has 0 bridgehead atoms. The van der Waals surface area contributed by atoms with Crippen LogP contribution in [0.2, 0.25) is 0 Å². The van der Waals surface area contributed by atoms with E-state index in [2.05, 4.69) is 55.5 Å². The first kappa shape index (κ1) is 14.4. The number of nitrogens with zero attached hydrogens (tertiary/aromatic N) is 2. The second kappa shape index (κ2) is 5.34. The quantitative estimate of drug-likeness (QED) is 0.917. The van der Waals surface area contributed by atoms with Crippen LogP contribution in [-0.4, -0.2) is 9.97 Å². The molecule has 0 radical (unpaired) electrons. The molecular formula is C13H22BrN3. The highest BCUT2D eigenvalue weighted by molar-refractivity contribution is 9.10. The van der Waals surface area contributed by atoms with Gasteiger partial charge in [0.25, 0.3) is 0 Å². The van der Waals surface area contributed by atoms with E-state index in [0.717, 1.165) is 28.8 Å². The molecule has 0 spiro atoms. The Morgan fingerprint density at radius 2 is 1.71 bits per heavy atom. The molecule has 17 heavy (non-hydrogen) atoms. The van der Waals surface area contributed by atoms with Crippen LogP contribution in [0.25, 0.3) is 0 Å². The van der Waals surface area contributed by atoms with Gasteiger partial charge in [0.15, 0.2) is 0 Å². The third kappa shape index (κ3) is 3.18. The highest BCUT2D eigenvalue weighted by atomic mass is 79.9. The Kier molecular flexibility index (Phi) is 4.53. The van der Waals surface area contributed by atoms with Gasteiger partial charge in [0.05, 0.1) is 10.2 Å². The summed E-state index contributed by atoms with van der Waals surface area (Å²) in [6.45, 7) is 10.7. The Hall–Kier alpha value is -0.640. The molecule has 0 aliphatic heterocycles. The van der Waals surface area contributed by atoms with Crippen LogP contribution in [0.3, 0.4) is 0 Å². The van der Waals surface area contributed by atoms with E-state index in [0.29, 0.717) is 11.7 Å². The van der Waals surface area contributed by atoms with Crippen molar-refractivity contribution in [3.8, 4) is 0 Å². The Morgan fingerprint density at radius 1 is 1.18 bits per heavy atom. The molecule has 0 aliphatic rings. The van der Waals surface area contributed by atoms with E-state index in [9.17, 15) is 0 Å². The van der Waals surface area contributed by atoms with Gasteiger partial charge in [-0.3, -0.25) is 0 Å². The van der Waals surface area contributed by atoms with Crippen LogP contribution in [0, 0.1) is 0 Å². The molecule has 0 saturated carbocycles. The van der Waals surface area contributed by atoms with Crippen molar-refractivity contribution in [1.29, 1.82) is 0 Å². The summed E-state index contributed by atoms with van der Waals surface area (Å²) in [6.07, 6.45) is 2.09. The zero-order valence-corrected chi connectivity index (χ0v) is 12.9. The molecule has 0 atom stereocenters. The maximum atomic E-state index is 5.97. The fourth-order valence-corrected chi connectivity index (χ4v) is 2.59. The average Bonchev–Trinajstić information content (AvgIpc) is 2.23. The van der Waals surface area contributed by atoms with E-state index >= 15 is 0 Å². The lowest BCUT2D eigenvalue weighted by molar-refractivity contribution is 0.539. The second-order valence-electron chi connectivity index (χ2n) is 5.39. The molecule has 1 heterocycles. The van der Waals surface area contributed by atoms with Crippen molar-refractivity contribution in [3.05, 3.63) is 16.0 Å². The summed E-state index contributed by atoms with van der Waals surface area (Å²) in [5, 5.41) is 0. The molecule has 0 saturated heterocycles. The zero-order chi connectivity index (χ0) is 13.2. The predicted octanol–water partition coefficient (Wildman–Crippen LogP) is 4.02. The molecule has 0 aliphatic carbocycles. The first-order valence-corrected chi connectivity index (χ1v) is 6.93. The summed E-state index contributed by atoms with van der Waals surface area (Å²) in [5.74, 6) is 1.82. The maximum Gasteiger partial charge on any atom is 0.141 e. The molecule has 4 heteroatoms. The number of aromatic nitrogens is 2. The van der Waals surface area contributed by atoms with E-state index in [4.69, 9.17) is 10.7 Å². The summed E-state index contributed by atoms with van der Waals surface area (Å²) in [7, 11) is 0. The Labute approximate surface area is 112 Å². The molecule has 0 aromatic carbocycles. The fraction of sp³-hybridized carbons (Fsp3) is 0.692. The van der Waals surface area contributed by atoms with Crippen LogP contribution in [0.1, 0.15) is 64.9 Å². The number of nitrogen functional groups attached to an aromatic ring is 1. The lowest BCUT2D eigenvalue weighted by atomic mass is 9.91. The molecule has 0 fully saturated rings. The third-order valence-corrected chi connectivity index (χ3v) is 3.74. The number of nitrogens with two attached hydrogens (primary N) is 1. The molecule has 96 valence electrons. The number of anilines is 1. The van der Waals surface area contributed by atoms with Crippen LogP contribution in [0.15, 0.2) is 4.47 Å². The van der Waals surface area contributed by atoms with Gasteiger partial charge in [-0.05, 0) is 28.8 Å². The summed E-state index contributed by atoms with van der Waals surface area (Å²) in [6, 6.07) is 0. The van der Waals surface area contributed by atoms with Crippen molar-refractivity contribution in [2.24, 2.45) is 0 Å². The second-order valence-corrected chi connectivity index (χ2v) is 6.19. The predicted molar refractivity (Wildman–Crippen MR) is 76.2 cm³/mol. The van der Waals surface area contributed by atoms with Crippen molar-refractivity contribution >= 4 is 21.7 Å². The van der Waals surface area contributed by atoms with Crippen molar-refractivity contribution < 1.29 is 0 Å². The normalized spacial score (nSPS) is 12.2. The van der Waals surface area contributed by atoms with E-state index in [1.807, 2.05) is 0 Å². The van der Waals surface area contributed by atoms with E-state index in [-0.39, 0.29) is 5.41 Å². The number of halogens is 1. The molecule has 0 amide bonds. The van der Waals surface area contributed by atoms with Gasteiger partial charge in [0.1, 0.15) is 11.6 Å². The van der Waals surface area contributed by atoms with Gasteiger partial charge in [-0.1, -0.05) is 34.6 Å². The molecule has 2 N–H and O–H groups in total. The molecule has 1 aromatic rings. The van der Waals surface area contributed by atoms with Crippen LogP contribution in [-0.2, 0) is 5.41 Å². The largest absolute Gasteiger partial charge is 0.383 e. The van der Waals surface area contributed by atoms with Gasteiger partial charge in [0, 0.05) is 11.3 Å². The van der Waals surface area contributed by atoms with Gasteiger partial charge in [0.2, 0.25) is 0 Å². The van der Waals surface area contributed by atoms with E-state index in [1.165, 1.54) is 0 Å². The molecule has 1 aromatic heterocycles. The van der Waals surface area contributed by atoms with E-state index < -0.39 is 0 Å². The van der Waals surface area contributed by atoms with Crippen LogP contribution in [0.5, 0.6) is 0 Å². The monoisotopic (exact) mass is 299 g/mol. The number of rotatable bonds is 3. The van der Waals surface area contributed by atoms with Crippen molar-refractivity contribution in [2.45, 2.75) is 58.8 Å². The van der Waals surface area contributed by atoms with Gasteiger partial charge >= 0.3 is 0 Å². The molecule has 1 rings (SSSR count). The zero-order valence-electron chi connectivity index (χ0n) is 11.3. The van der Waals surface area contributed by atoms with Gasteiger partial charge in [-0.25, -0.2) is 9.97 Å². The van der Waals surface area contributed by atoms with Gasteiger partial charge in [-0.2, -0.15) is 0 Å². The van der Waals surface area contributed by atoms with Crippen molar-refractivity contribution in [2.75, 3.05) is 5.73 Å². The molecular weight excluding hydrogens is 278 g/mol. The van der Waals surface area contributed by atoms with Gasteiger partial charge in [-0.15, -0.1) is 0 Å². The minimum atomic E-state index is -0.0311. The smallest absolute Gasteiger partial charge is 0.141 e. The molecule has 3 nitrogen and oxygen atoms in total. The minimum Gasteiger partial charge on any atom is -0.383 e. The fourth-order valence-electron chi connectivity index (χ4n) is 1.82. The first-order valence-electron chi connectivity index (χ1n) is 6.14. The summed E-state index contributed by atoms with van der Waals surface area (Å²) in [4.78, 5) is 9.12. The Bertz CT molecular complexity index is 392. The lowest BCUT2D eigenvalue weighted by Crippen LogP contribution is -2.19. The SMILES string of the molecule is CCC(CC)c1nc(N)c(Br)c(C(C)(C)C)n1. The van der Waals surface area contributed by atoms with Crippen molar-refractivity contribution in [1.82, 2.24) is 9.97 Å². The highest BCUT2D eigenvalue weighted by Crippen LogP contribution is 2.33. The summed E-state index contributed by atoms with van der Waals surface area (Å²) >= 11 is 3.49.